The van der Waals surface area contributed by atoms with Crippen molar-refractivity contribution in [1.82, 2.24) is 19.9 Å². The minimum Gasteiger partial charge on any atom is -0.392 e. The van der Waals surface area contributed by atoms with Crippen LogP contribution in [0.3, 0.4) is 0 Å². The van der Waals surface area contributed by atoms with Crippen molar-refractivity contribution in [2.75, 3.05) is 26.3 Å². The zero-order valence-electron chi connectivity index (χ0n) is 38.3. The van der Waals surface area contributed by atoms with Crippen LogP contribution in [0.4, 0.5) is 0 Å². The number of aliphatic hydroxyl groups excluding tert-OH is 1. The lowest BCUT2D eigenvalue weighted by Gasteiger charge is -2.29. The number of morpholine rings is 1. The summed E-state index contributed by atoms with van der Waals surface area (Å²) in [5, 5.41) is 18.6. The number of carbonyl (C=O) groups is 1. The van der Waals surface area contributed by atoms with Crippen LogP contribution in [0.15, 0.2) is 73.1 Å². The van der Waals surface area contributed by atoms with E-state index < -0.39 is 0 Å². The summed E-state index contributed by atoms with van der Waals surface area (Å²) < 4.78 is 6.35. The molecule has 328 valence electrons. The molecule has 61 heavy (non-hydrogen) atoms. The highest BCUT2D eigenvalue weighted by molar-refractivity contribution is 5.87. The number of ether oxygens (including phenoxy) is 1. The highest BCUT2D eigenvalue weighted by Crippen LogP contribution is 2.34. The van der Waals surface area contributed by atoms with Crippen molar-refractivity contribution in [3.8, 4) is 0 Å². The Labute approximate surface area is 366 Å². The lowest BCUT2D eigenvalue weighted by Crippen LogP contribution is -2.35. The molecule has 0 bridgehead atoms. The third-order valence-corrected chi connectivity index (χ3v) is 12.9. The molecule has 0 radical (unpaired) electrons. The zero-order chi connectivity index (χ0) is 43.9. The van der Waals surface area contributed by atoms with E-state index in [1.807, 2.05) is 45.4 Å². The molecule has 9 rings (SSSR count). The maximum absolute atomic E-state index is 11.5. The minimum absolute atomic E-state index is 0.0781. The lowest BCUT2D eigenvalue weighted by molar-refractivity contribution is -0.905. The molecule has 2 N–H and O–H groups in total. The van der Waals surface area contributed by atoms with Gasteiger partial charge in [-0.15, -0.1) is 0 Å². The van der Waals surface area contributed by atoms with Gasteiger partial charge in [-0.2, -0.15) is 0 Å². The Hall–Kier alpha value is -4.73. The number of aliphatic hydroxyl groups is 1. The van der Waals surface area contributed by atoms with E-state index in [4.69, 9.17) is 9.94 Å². The molecule has 9 heteroatoms. The van der Waals surface area contributed by atoms with E-state index in [0.29, 0.717) is 5.78 Å². The Balaban J connectivity index is 0.000000145. The van der Waals surface area contributed by atoms with E-state index in [1.165, 1.54) is 88.7 Å². The molecule has 9 nitrogen and oxygen atoms in total. The Morgan fingerprint density at radius 1 is 0.656 bits per heavy atom. The van der Waals surface area contributed by atoms with E-state index in [1.54, 1.807) is 18.1 Å². The van der Waals surface area contributed by atoms with Gasteiger partial charge in [-0.05, 0) is 182 Å². The quantitative estimate of drug-likeness (QED) is 0.154. The average Bonchev–Trinajstić information content (AvgIpc) is 4.11. The molecular weight excluding hydrogens is 759 g/mol. The van der Waals surface area contributed by atoms with Crippen molar-refractivity contribution in [2.45, 2.75) is 150 Å². The summed E-state index contributed by atoms with van der Waals surface area (Å²) >= 11 is 0. The van der Waals surface area contributed by atoms with Gasteiger partial charge in [0, 0.05) is 71.8 Å². The smallest absolute Gasteiger partial charge is 0.225 e. The monoisotopic (exact) mass is 831 g/mol. The molecule has 4 aromatic heterocycles. The summed E-state index contributed by atoms with van der Waals surface area (Å²) in [6, 6.07) is 8.25. The van der Waals surface area contributed by atoms with Gasteiger partial charge in [-0.3, -0.25) is 25.0 Å². The maximum Gasteiger partial charge on any atom is 0.225 e. The van der Waals surface area contributed by atoms with Gasteiger partial charge < -0.3 is 14.7 Å². The fourth-order valence-corrected chi connectivity index (χ4v) is 8.26. The van der Waals surface area contributed by atoms with Crippen molar-refractivity contribution in [3.05, 3.63) is 135 Å². The Morgan fingerprint density at radius 3 is 1.80 bits per heavy atom. The third kappa shape index (κ3) is 14.2. The van der Waals surface area contributed by atoms with Gasteiger partial charge in [0.2, 0.25) is 12.4 Å². The van der Waals surface area contributed by atoms with Crippen molar-refractivity contribution in [2.24, 2.45) is 0 Å². The van der Waals surface area contributed by atoms with Crippen LogP contribution in [0.5, 0.6) is 0 Å². The molecule has 3 atom stereocenters. The van der Waals surface area contributed by atoms with E-state index in [9.17, 15) is 9.90 Å². The standard InChI is InChI=1S/C12H17NO.C12H15NO.C12H15N.C9H15NO.C7H10NO/c2*1-8-6-11(13-7-9(8)2)10-4-3-5-12(10)14;1-9-7-12(13-8-10(9)2)11-5-3-4-6-11;1-2-4-9(3-1)10-5-7-11-8-6-10;1-6-3-4-8(9)5-7(6)2/h6-7,10,12,14H,3-5H2,1-2H3;6-7,10H,3-5H2,1-2H3;5,7-8H,3-4,6H2,1-2H3;3H,1-2,4-8H2;3-5,9H,1-2H3/q;;;;+1. The van der Waals surface area contributed by atoms with Gasteiger partial charge in [0.1, 0.15) is 5.78 Å². The van der Waals surface area contributed by atoms with E-state index in [0.717, 1.165) is 86.5 Å². The van der Waals surface area contributed by atoms with Gasteiger partial charge in [-0.1, -0.05) is 18.6 Å². The van der Waals surface area contributed by atoms with Gasteiger partial charge in [0.05, 0.1) is 36.6 Å². The summed E-state index contributed by atoms with van der Waals surface area (Å²) in [5.74, 6) is 0.712. The molecule has 0 amide bonds. The lowest BCUT2D eigenvalue weighted by atomic mass is 9.99. The van der Waals surface area contributed by atoms with Gasteiger partial charge in [0.25, 0.3) is 0 Å². The van der Waals surface area contributed by atoms with E-state index >= 15 is 0 Å². The Morgan fingerprint density at radius 2 is 1.28 bits per heavy atom. The molecular formula is C52H72N5O4+. The fraction of sp³-hybridized carbons (Fsp3) is 0.519. The summed E-state index contributed by atoms with van der Waals surface area (Å²) in [4.78, 5) is 27.2. The Kier molecular flexibility index (Phi) is 18.2. The summed E-state index contributed by atoms with van der Waals surface area (Å²) in [7, 11) is 0. The fourth-order valence-electron chi connectivity index (χ4n) is 8.26. The number of rotatable bonds is 4. The maximum atomic E-state index is 11.5. The number of aromatic nitrogens is 4. The molecule has 4 aromatic rings. The first-order valence-corrected chi connectivity index (χ1v) is 22.7. The number of allylic oxidation sites excluding steroid dienone is 4. The highest BCUT2D eigenvalue weighted by Gasteiger charge is 2.28. The number of ketones is 1. The van der Waals surface area contributed by atoms with Gasteiger partial charge >= 0.3 is 0 Å². The van der Waals surface area contributed by atoms with Crippen LogP contribution >= 0.6 is 0 Å². The third-order valence-electron chi connectivity index (χ3n) is 12.9. The molecule has 3 unspecified atom stereocenters. The molecule has 1 saturated heterocycles. The molecule has 3 fully saturated rings. The summed E-state index contributed by atoms with van der Waals surface area (Å²) in [5.41, 5.74) is 16.1. The van der Waals surface area contributed by atoms with Gasteiger partial charge in [0.15, 0.2) is 0 Å². The molecule has 0 aromatic carbocycles. The van der Waals surface area contributed by atoms with Crippen LogP contribution in [-0.2, 0) is 9.53 Å². The topological polar surface area (TPSA) is 113 Å². The van der Waals surface area contributed by atoms with E-state index in [2.05, 4.69) is 84.8 Å². The number of carbonyl (C=O) groups excluding carboxylic acids is 1. The van der Waals surface area contributed by atoms with Crippen LogP contribution in [0.25, 0.3) is 5.57 Å². The molecule has 0 spiro atoms. The van der Waals surface area contributed by atoms with Crippen molar-refractivity contribution < 1.29 is 24.6 Å². The predicted molar refractivity (Wildman–Crippen MR) is 245 cm³/mol. The van der Waals surface area contributed by atoms with Crippen LogP contribution in [-0.4, -0.2) is 68.4 Å². The number of aryl methyl sites for hydroxylation is 8. The molecule has 1 aliphatic heterocycles. The average molecular weight is 831 g/mol. The number of nitrogens with zero attached hydrogens (tertiary/aromatic N) is 5. The number of Topliss-reactive ketones (excluding diaryl/α,β-unsaturated/α-hetero) is 1. The van der Waals surface area contributed by atoms with Crippen LogP contribution < -0.4 is 4.73 Å². The second-order valence-corrected chi connectivity index (χ2v) is 17.6. The largest absolute Gasteiger partial charge is 0.392 e. The number of pyridine rings is 4. The normalized spacial score (nSPS) is 20.5. The first-order valence-electron chi connectivity index (χ1n) is 22.7. The van der Waals surface area contributed by atoms with Crippen LogP contribution in [0.2, 0.25) is 0 Å². The summed E-state index contributed by atoms with van der Waals surface area (Å²) in [6.45, 7) is 20.5. The molecule has 4 aliphatic carbocycles. The number of hydrogen-bond donors (Lipinski definition) is 2. The molecule has 5 heterocycles. The van der Waals surface area contributed by atoms with Crippen molar-refractivity contribution >= 4 is 11.4 Å². The summed E-state index contributed by atoms with van der Waals surface area (Å²) in [6.07, 6.45) is 27.1. The molecule has 2 saturated carbocycles. The predicted octanol–water partition coefficient (Wildman–Crippen LogP) is 10.3. The SMILES string of the molecule is C1=C(N2CCOCC2)CCC1.Cc1cc[n+](O)cc1C.Cc1cnc(C2=CCCC2)cc1C.Cc1cnc(C2CCCC2=O)cc1C.Cc1cnc(C2CCCC2O)cc1C. The minimum atomic E-state index is -0.176. The number of hydrogen-bond acceptors (Lipinski definition) is 8. The first-order chi connectivity index (χ1) is 29.3. The van der Waals surface area contributed by atoms with Gasteiger partial charge in [-0.25, -0.2) is 0 Å². The first kappa shape index (κ1) is 47.3. The van der Waals surface area contributed by atoms with E-state index in [-0.39, 0.29) is 17.9 Å². The van der Waals surface area contributed by atoms with Crippen molar-refractivity contribution in [3.63, 3.8) is 0 Å². The van der Waals surface area contributed by atoms with Crippen molar-refractivity contribution in [1.29, 1.82) is 0 Å². The zero-order valence-corrected chi connectivity index (χ0v) is 38.3. The van der Waals surface area contributed by atoms with Crippen LogP contribution in [0, 0.1) is 55.4 Å². The Bertz CT molecular complexity index is 2120. The highest BCUT2D eigenvalue weighted by atomic mass is 16.5. The van der Waals surface area contributed by atoms with Crippen LogP contribution in [0.1, 0.15) is 150 Å². The second-order valence-electron chi connectivity index (χ2n) is 17.6. The second kappa shape index (κ2) is 23.5. The molecule has 5 aliphatic rings.